The summed E-state index contributed by atoms with van der Waals surface area (Å²) in [5.41, 5.74) is 0.375. The first-order valence-electron chi connectivity index (χ1n) is 11.4. The lowest BCUT2D eigenvalue weighted by atomic mass is 9.79. The Morgan fingerprint density at radius 2 is 1.46 bits per heavy atom. The normalized spacial score (nSPS) is 27.0. The summed E-state index contributed by atoms with van der Waals surface area (Å²) < 4.78 is 5.37. The van der Waals surface area contributed by atoms with Crippen molar-refractivity contribution < 1.29 is 4.74 Å². The van der Waals surface area contributed by atoms with Crippen LogP contribution in [0.5, 0.6) is 0 Å². The fourth-order valence-corrected chi connectivity index (χ4v) is 5.43. The topological polar surface area (TPSA) is 15.7 Å². The van der Waals surface area contributed by atoms with Gasteiger partial charge in [0.15, 0.2) is 0 Å². The Balaban J connectivity index is 1.38. The number of ether oxygens (including phenoxy) is 1. The maximum absolute atomic E-state index is 5.37. The highest BCUT2D eigenvalue weighted by molar-refractivity contribution is 4.88. The SMILES string of the molecule is CC(C)C1CCN(C(C)(C)CCC(C)C2CCN(C3COC3)CC2)CC1. The smallest absolute Gasteiger partial charge is 0.0645 e. The molecule has 0 bridgehead atoms. The van der Waals surface area contributed by atoms with Gasteiger partial charge in [-0.25, -0.2) is 0 Å². The van der Waals surface area contributed by atoms with E-state index in [4.69, 9.17) is 4.74 Å². The molecule has 26 heavy (non-hydrogen) atoms. The molecule has 3 aliphatic rings. The van der Waals surface area contributed by atoms with Gasteiger partial charge in [0.1, 0.15) is 0 Å². The van der Waals surface area contributed by atoms with Crippen molar-refractivity contribution in [2.24, 2.45) is 23.7 Å². The zero-order valence-electron chi connectivity index (χ0n) is 18.2. The van der Waals surface area contributed by atoms with Crippen molar-refractivity contribution in [2.75, 3.05) is 39.4 Å². The first-order valence-corrected chi connectivity index (χ1v) is 11.4. The van der Waals surface area contributed by atoms with Crippen molar-refractivity contribution >= 4 is 0 Å². The molecule has 3 heterocycles. The van der Waals surface area contributed by atoms with Gasteiger partial charge in [-0.2, -0.15) is 0 Å². The van der Waals surface area contributed by atoms with E-state index in [1.54, 1.807) is 0 Å². The van der Waals surface area contributed by atoms with Crippen LogP contribution in [0.3, 0.4) is 0 Å². The van der Waals surface area contributed by atoms with Gasteiger partial charge in [0, 0.05) is 5.54 Å². The maximum atomic E-state index is 5.37. The van der Waals surface area contributed by atoms with Crippen LogP contribution in [0.15, 0.2) is 0 Å². The van der Waals surface area contributed by atoms with Crippen molar-refractivity contribution in [3.63, 3.8) is 0 Å². The summed E-state index contributed by atoms with van der Waals surface area (Å²) in [5.74, 6) is 3.63. The van der Waals surface area contributed by atoms with Crippen LogP contribution in [0.4, 0.5) is 0 Å². The number of nitrogens with zero attached hydrogens (tertiary/aromatic N) is 2. The van der Waals surface area contributed by atoms with E-state index in [0.717, 1.165) is 42.9 Å². The fourth-order valence-electron chi connectivity index (χ4n) is 5.43. The van der Waals surface area contributed by atoms with Crippen molar-refractivity contribution in [2.45, 2.75) is 84.7 Å². The Morgan fingerprint density at radius 1 is 0.885 bits per heavy atom. The molecular weight excluding hydrogens is 320 g/mol. The molecule has 152 valence electrons. The average molecular weight is 365 g/mol. The molecule has 0 aromatic carbocycles. The van der Waals surface area contributed by atoms with Gasteiger partial charge < -0.3 is 4.74 Å². The molecule has 3 heteroatoms. The minimum absolute atomic E-state index is 0.375. The van der Waals surface area contributed by atoms with Crippen LogP contribution in [-0.4, -0.2) is 60.8 Å². The predicted molar refractivity (Wildman–Crippen MR) is 111 cm³/mol. The van der Waals surface area contributed by atoms with Crippen LogP contribution >= 0.6 is 0 Å². The van der Waals surface area contributed by atoms with Crippen LogP contribution in [0.25, 0.3) is 0 Å². The highest BCUT2D eigenvalue weighted by atomic mass is 16.5. The average Bonchev–Trinajstić information content (AvgIpc) is 2.59. The van der Waals surface area contributed by atoms with E-state index in [1.165, 1.54) is 64.7 Å². The van der Waals surface area contributed by atoms with E-state index < -0.39 is 0 Å². The number of likely N-dealkylation sites (tertiary alicyclic amines) is 2. The van der Waals surface area contributed by atoms with E-state index in [2.05, 4.69) is 44.4 Å². The van der Waals surface area contributed by atoms with E-state index in [-0.39, 0.29) is 0 Å². The molecule has 0 aliphatic carbocycles. The van der Waals surface area contributed by atoms with E-state index in [0.29, 0.717) is 5.54 Å². The molecule has 3 fully saturated rings. The van der Waals surface area contributed by atoms with Crippen molar-refractivity contribution in [1.29, 1.82) is 0 Å². The molecule has 0 N–H and O–H groups in total. The lowest BCUT2D eigenvalue weighted by molar-refractivity contribution is -0.0759. The van der Waals surface area contributed by atoms with Crippen LogP contribution < -0.4 is 0 Å². The zero-order chi connectivity index (χ0) is 18.7. The van der Waals surface area contributed by atoms with Gasteiger partial charge in [-0.3, -0.25) is 9.80 Å². The second-order valence-corrected chi connectivity index (χ2v) is 10.5. The Kier molecular flexibility index (Phi) is 7.07. The summed E-state index contributed by atoms with van der Waals surface area (Å²) in [7, 11) is 0. The lowest BCUT2D eigenvalue weighted by Gasteiger charge is -2.45. The molecule has 0 aromatic rings. The molecule has 1 unspecified atom stereocenters. The van der Waals surface area contributed by atoms with Crippen molar-refractivity contribution in [1.82, 2.24) is 9.80 Å². The monoisotopic (exact) mass is 364 g/mol. The summed E-state index contributed by atoms with van der Waals surface area (Å²) in [4.78, 5) is 5.47. The molecule has 0 saturated carbocycles. The second kappa shape index (κ2) is 8.92. The Morgan fingerprint density at radius 3 is 1.96 bits per heavy atom. The van der Waals surface area contributed by atoms with Gasteiger partial charge in [-0.05, 0) is 102 Å². The van der Waals surface area contributed by atoms with Crippen LogP contribution in [0.1, 0.15) is 73.1 Å². The van der Waals surface area contributed by atoms with Gasteiger partial charge in [-0.15, -0.1) is 0 Å². The Bertz CT molecular complexity index is 416. The third-order valence-corrected chi connectivity index (χ3v) is 8.07. The third kappa shape index (κ3) is 5.02. The molecule has 3 nitrogen and oxygen atoms in total. The first-order chi connectivity index (χ1) is 12.4. The number of piperidine rings is 2. The van der Waals surface area contributed by atoms with Crippen LogP contribution in [0, 0.1) is 23.7 Å². The lowest BCUT2D eigenvalue weighted by Crippen LogP contribution is -2.52. The molecule has 3 rings (SSSR count). The Hall–Kier alpha value is -0.120. The standard InChI is InChI=1S/C23H44N2O/c1-18(2)20-9-14-25(15-10-20)23(4,5)11-6-19(3)21-7-12-24(13-8-21)22-16-26-17-22/h18-22H,6-17H2,1-5H3. The Labute approximate surface area is 162 Å². The molecule has 3 aliphatic heterocycles. The summed E-state index contributed by atoms with van der Waals surface area (Å²) in [5, 5.41) is 0. The summed E-state index contributed by atoms with van der Waals surface area (Å²) >= 11 is 0. The largest absolute Gasteiger partial charge is 0.378 e. The van der Waals surface area contributed by atoms with E-state index in [1.807, 2.05) is 0 Å². The van der Waals surface area contributed by atoms with Gasteiger partial charge in [0.05, 0.1) is 19.3 Å². The molecule has 3 saturated heterocycles. The number of hydrogen-bond donors (Lipinski definition) is 0. The predicted octanol–water partition coefficient (Wildman–Crippen LogP) is 4.66. The van der Waals surface area contributed by atoms with Gasteiger partial charge in [-0.1, -0.05) is 20.8 Å². The molecule has 0 radical (unpaired) electrons. The molecule has 0 amide bonds. The quantitative estimate of drug-likeness (QED) is 0.653. The zero-order valence-corrected chi connectivity index (χ0v) is 18.2. The minimum atomic E-state index is 0.375. The van der Waals surface area contributed by atoms with Gasteiger partial charge in [0.25, 0.3) is 0 Å². The molecule has 1 atom stereocenters. The van der Waals surface area contributed by atoms with Gasteiger partial charge >= 0.3 is 0 Å². The fraction of sp³-hybridized carbons (Fsp3) is 1.00. The first kappa shape index (κ1) is 20.6. The summed E-state index contributed by atoms with van der Waals surface area (Å²) in [6.45, 7) is 19.5. The highest BCUT2D eigenvalue weighted by Gasteiger charge is 2.34. The maximum Gasteiger partial charge on any atom is 0.0645 e. The molecule has 0 spiro atoms. The van der Waals surface area contributed by atoms with E-state index >= 15 is 0 Å². The van der Waals surface area contributed by atoms with Crippen LogP contribution in [-0.2, 0) is 4.74 Å². The van der Waals surface area contributed by atoms with Gasteiger partial charge in [0.2, 0.25) is 0 Å². The molecular formula is C23H44N2O. The van der Waals surface area contributed by atoms with Crippen LogP contribution in [0.2, 0.25) is 0 Å². The second-order valence-electron chi connectivity index (χ2n) is 10.5. The van der Waals surface area contributed by atoms with E-state index in [9.17, 15) is 0 Å². The number of hydrogen-bond acceptors (Lipinski definition) is 3. The minimum Gasteiger partial charge on any atom is -0.378 e. The summed E-state index contributed by atoms with van der Waals surface area (Å²) in [6.07, 6.45) is 8.36. The van der Waals surface area contributed by atoms with Crippen molar-refractivity contribution in [3.8, 4) is 0 Å². The highest BCUT2D eigenvalue weighted by Crippen LogP contribution is 2.34. The van der Waals surface area contributed by atoms with Crippen molar-refractivity contribution in [3.05, 3.63) is 0 Å². The molecule has 0 aromatic heterocycles. The summed E-state index contributed by atoms with van der Waals surface area (Å²) in [6, 6.07) is 0.735. The third-order valence-electron chi connectivity index (χ3n) is 8.07. The number of rotatable bonds is 7.